The van der Waals surface area contributed by atoms with E-state index in [9.17, 15) is 4.79 Å². The van der Waals surface area contributed by atoms with Crippen molar-refractivity contribution in [1.82, 2.24) is 9.78 Å². The second kappa shape index (κ2) is 5.14. The maximum absolute atomic E-state index is 11.1. The van der Waals surface area contributed by atoms with Crippen molar-refractivity contribution in [2.75, 3.05) is 7.11 Å². The second-order valence-corrected chi connectivity index (χ2v) is 4.43. The van der Waals surface area contributed by atoms with Crippen molar-refractivity contribution in [1.29, 1.82) is 0 Å². The number of hydrogen-bond donors (Lipinski definition) is 0. The van der Waals surface area contributed by atoms with Crippen molar-refractivity contribution in [3.05, 3.63) is 41.1 Å². The molecule has 0 aliphatic heterocycles. The van der Waals surface area contributed by atoms with E-state index >= 15 is 0 Å². The van der Waals surface area contributed by atoms with Gasteiger partial charge in [0, 0.05) is 16.2 Å². The molecule has 4 nitrogen and oxygen atoms in total. The Morgan fingerprint density at radius 1 is 1.35 bits per heavy atom. The smallest absolute Gasteiger partial charge is 0.327 e. The largest absolute Gasteiger partial charge is 0.468 e. The highest BCUT2D eigenvalue weighted by atomic mass is 79.9. The van der Waals surface area contributed by atoms with E-state index in [0.717, 1.165) is 15.6 Å². The summed E-state index contributed by atoms with van der Waals surface area (Å²) < 4.78 is 7.17. The summed E-state index contributed by atoms with van der Waals surface area (Å²) in [6, 6.07) is 7.91. The summed E-state index contributed by atoms with van der Waals surface area (Å²) in [5.41, 5.74) is 2.03. The summed E-state index contributed by atoms with van der Waals surface area (Å²) in [5, 5.41) is 4.11. The Hall–Kier alpha value is -1.62. The molecule has 0 spiro atoms. The Balaban J connectivity index is 2.18. The molecular weight excluding hydrogens is 284 g/mol. The lowest BCUT2D eigenvalue weighted by Gasteiger charge is -1.99. The maximum Gasteiger partial charge on any atom is 0.327 e. The quantitative estimate of drug-likeness (QED) is 0.817. The highest BCUT2D eigenvalue weighted by molar-refractivity contribution is 9.10. The molecule has 1 aromatic carbocycles. The zero-order valence-electron chi connectivity index (χ0n) is 9.26. The summed E-state index contributed by atoms with van der Waals surface area (Å²) >= 11 is 3.38. The third-order valence-corrected chi connectivity index (χ3v) is 2.86. The summed E-state index contributed by atoms with van der Waals surface area (Å²) in [5.74, 6) is -0.310. The molecule has 88 valence electrons. The number of esters is 1. The lowest BCUT2D eigenvalue weighted by atomic mass is 10.1. The van der Waals surface area contributed by atoms with Gasteiger partial charge in [-0.25, -0.2) is 0 Å². The summed E-state index contributed by atoms with van der Waals surface area (Å²) in [6.45, 7) is 0.132. The van der Waals surface area contributed by atoms with Crippen LogP contribution in [-0.4, -0.2) is 22.9 Å². The molecule has 2 aromatic rings. The van der Waals surface area contributed by atoms with Crippen LogP contribution in [0.15, 0.2) is 41.1 Å². The second-order valence-electron chi connectivity index (χ2n) is 3.51. The monoisotopic (exact) mass is 294 g/mol. The molecule has 0 N–H and O–H groups in total. The Bertz CT molecular complexity index is 520. The number of benzene rings is 1. The minimum atomic E-state index is -0.310. The fourth-order valence-electron chi connectivity index (χ4n) is 1.44. The van der Waals surface area contributed by atoms with Crippen LogP contribution in [0.4, 0.5) is 0 Å². The van der Waals surface area contributed by atoms with Crippen molar-refractivity contribution in [2.45, 2.75) is 6.54 Å². The lowest BCUT2D eigenvalue weighted by Crippen LogP contribution is -2.11. The zero-order valence-corrected chi connectivity index (χ0v) is 10.8. The number of carbonyl (C=O) groups is 1. The summed E-state index contributed by atoms with van der Waals surface area (Å²) in [7, 11) is 1.36. The number of nitrogens with zero attached hydrogens (tertiary/aromatic N) is 2. The van der Waals surface area contributed by atoms with Gasteiger partial charge in [0.1, 0.15) is 6.54 Å². The first-order valence-electron chi connectivity index (χ1n) is 5.04. The van der Waals surface area contributed by atoms with E-state index in [1.165, 1.54) is 7.11 Å². The van der Waals surface area contributed by atoms with Crippen molar-refractivity contribution < 1.29 is 9.53 Å². The van der Waals surface area contributed by atoms with Crippen molar-refractivity contribution >= 4 is 21.9 Å². The highest BCUT2D eigenvalue weighted by Gasteiger charge is 2.05. The fourth-order valence-corrected chi connectivity index (χ4v) is 1.70. The average molecular weight is 295 g/mol. The first-order valence-corrected chi connectivity index (χ1v) is 5.83. The Kier molecular flexibility index (Phi) is 3.58. The van der Waals surface area contributed by atoms with Crippen LogP contribution in [0.3, 0.4) is 0 Å². The first kappa shape index (κ1) is 11.9. The fraction of sp³-hybridized carbons (Fsp3) is 0.167. The summed E-state index contributed by atoms with van der Waals surface area (Å²) in [6.07, 6.45) is 3.55. The molecule has 1 aromatic heterocycles. The van der Waals surface area contributed by atoms with Gasteiger partial charge >= 0.3 is 5.97 Å². The predicted octanol–water partition coefficient (Wildman–Crippen LogP) is 2.49. The number of carbonyl (C=O) groups excluding carboxylic acids is 1. The molecule has 2 rings (SSSR count). The zero-order chi connectivity index (χ0) is 12.3. The third kappa shape index (κ3) is 2.94. The molecule has 0 amide bonds. The topological polar surface area (TPSA) is 44.1 Å². The molecule has 1 heterocycles. The maximum atomic E-state index is 11.1. The standard InChI is InChI=1S/C12H11BrN2O2/c1-17-12(16)8-15-7-10(6-14-15)9-2-4-11(13)5-3-9/h2-7H,8H2,1H3. The van der Waals surface area contributed by atoms with Gasteiger partial charge in [0.05, 0.1) is 13.3 Å². The van der Waals surface area contributed by atoms with Crippen LogP contribution in [0.1, 0.15) is 0 Å². The van der Waals surface area contributed by atoms with Crippen molar-refractivity contribution in [3.8, 4) is 11.1 Å². The van der Waals surface area contributed by atoms with E-state index in [0.29, 0.717) is 0 Å². The van der Waals surface area contributed by atoms with Crippen molar-refractivity contribution in [3.63, 3.8) is 0 Å². The number of rotatable bonds is 3. The van der Waals surface area contributed by atoms with Crippen LogP contribution in [0.2, 0.25) is 0 Å². The normalized spacial score (nSPS) is 10.2. The van der Waals surface area contributed by atoms with Gasteiger partial charge in [-0.2, -0.15) is 5.10 Å². The Labute approximate surface area is 107 Å². The number of hydrogen-bond acceptors (Lipinski definition) is 3. The molecule has 0 atom stereocenters. The van der Waals surface area contributed by atoms with E-state index in [4.69, 9.17) is 0 Å². The molecule has 0 bridgehead atoms. The minimum absolute atomic E-state index is 0.132. The molecular formula is C12H11BrN2O2. The average Bonchev–Trinajstić information content (AvgIpc) is 2.78. The van der Waals surface area contributed by atoms with Gasteiger partial charge in [-0.3, -0.25) is 9.48 Å². The van der Waals surface area contributed by atoms with Gasteiger partial charge in [-0.05, 0) is 17.7 Å². The van der Waals surface area contributed by atoms with Gasteiger partial charge in [0.25, 0.3) is 0 Å². The lowest BCUT2D eigenvalue weighted by molar-refractivity contribution is -0.141. The molecule has 17 heavy (non-hydrogen) atoms. The number of methoxy groups -OCH3 is 1. The van der Waals surface area contributed by atoms with E-state index < -0.39 is 0 Å². The van der Waals surface area contributed by atoms with E-state index in [-0.39, 0.29) is 12.5 Å². The number of aromatic nitrogens is 2. The van der Waals surface area contributed by atoms with Crippen LogP contribution in [-0.2, 0) is 16.1 Å². The predicted molar refractivity (Wildman–Crippen MR) is 67.4 cm³/mol. The highest BCUT2D eigenvalue weighted by Crippen LogP contribution is 2.20. The van der Waals surface area contributed by atoms with Gasteiger partial charge in [0.15, 0.2) is 0 Å². The van der Waals surface area contributed by atoms with E-state index in [2.05, 4.69) is 25.8 Å². The van der Waals surface area contributed by atoms with Crippen LogP contribution in [0.5, 0.6) is 0 Å². The molecule has 5 heteroatoms. The summed E-state index contributed by atoms with van der Waals surface area (Å²) in [4.78, 5) is 11.1. The van der Waals surface area contributed by atoms with Crippen LogP contribution in [0.25, 0.3) is 11.1 Å². The van der Waals surface area contributed by atoms with Crippen molar-refractivity contribution in [2.24, 2.45) is 0 Å². The van der Waals surface area contributed by atoms with Gasteiger partial charge in [-0.1, -0.05) is 28.1 Å². The molecule has 0 aliphatic carbocycles. The number of ether oxygens (including phenoxy) is 1. The third-order valence-electron chi connectivity index (χ3n) is 2.33. The van der Waals surface area contributed by atoms with Crippen LogP contribution >= 0.6 is 15.9 Å². The molecule has 0 radical (unpaired) electrons. The van der Waals surface area contributed by atoms with Gasteiger partial charge in [0.2, 0.25) is 0 Å². The number of halogens is 1. The Morgan fingerprint density at radius 2 is 2.06 bits per heavy atom. The van der Waals surface area contributed by atoms with Gasteiger partial charge < -0.3 is 4.74 Å². The molecule has 0 unspecified atom stereocenters. The SMILES string of the molecule is COC(=O)Cn1cc(-c2ccc(Br)cc2)cn1. The minimum Gasteiger partial charge on any atom is -0.468 e. The molecule has 0 saturated carbocycles. The van der Waals surface area contributed by atoms with Gasteiger partial charge in [-0.15, -0.1) is 0 Å². The molecule has 0 saturated heterocycles. The van der Waals surface area contributed by atoms with E-state index in [1.54, 1.807) is 10.9 Å². The van der Waals surface area contributed by atoms with Crippen LogP contribution < -0.4 is 0 Å². The van der Waals surface area contributed by atoms with Crippen LogP contribution in [0, 0.1) is 0 Å². The first-order chi connectivity index (χ1) is 8.19. The molecule has 0 fully saturated rings. The molecule has 0 aliphatic rings. The Morgan fingerprint density at radius 3 is 2.71 bits per heavy atom. The van der Waals surface area contributed by atoms with E-state index in [1.807, 2.05) is 30.5 Å².